The van der Waals surface area contributed by atoms with E-state index < -0.39 is 9.84 Å². The van der Waals surface area contributed by atoms with Crippen molar-refractivity contribution in [1.29, 1.82) is 0 Å². The molecule has 1 aliphatic heterocycles. The molecule has 1 aliphatic rings. The van der Waals surface area contributed by atoms with Crippen LogP contribution in [0, 0.1) is 0 Å². The third-order valence-electron chi connectivity index (χ3n) is 3.40. The molecule has 0 bridgehead atoms. The molecule has 1 aromatic heterocycles. The Hall–Kier alpha value is -1.60. The zero-order valence-corrected chi connectivity index (χ0v) is 13.6. The van der Waals surface area contributed by atoms with Gasteiger partial charge in [0.15, 0.2) is 9.84 Å². The van der Waals surface area contributed by atoms with Crippen molar-refractivity contribution in [1.82, 2.24) is 9.97 Å². The van der Waals surface area contributed by atoms with Crippen molar-refractivity contribution in [2.75, 3.05) is 16.8 Å². The van der Waals surface area contributed by atoms with Crippen LogP contribution in [0.2, 0.25) is 0 Å². The summed E-state index contributed by atoms with van der Waals surface area (Å²) in [5.74, 6) is 2.56. The van der Waals surface area contributed by atoms with Crippen molar-refractivity contribution in [2.24, 2.45) is 0 Å². The Morgan fingerprint density at radius 1 is 1.23 bits per heavy atom. The molecule has 3 rings (SSSR count). The second kappa shape index (κ2) is 6.66. The summed E-state index contributed by atoms with van der Waals surface area (Å²) in [5, 5.41) is 3.20. The number of benzene rings is 1. The maximum absolute atomic E-state index is 11.5. The first kappa shape index (κ1) is 15.3. The highest BCUT2D eigenvalue weighted by Crippen LogP contribution is 2.21. The SMILES string of the molecule is O=S1(=O)CCC(Nc2ccnc(CSc3ccccc3)n2)C1. The van der Waals surface area contributed by atoms with Crippen LogP contribution < -0.4 is 5.32 Å². The minimum atomic E-state index is -2.88. The predicted molar refractivity (Wildman–Crippen MR) is 88.7 cm³/mol. The Labute approximate surface area is 134 Å². The molecule has 1 fully saturated rings. The zero-order valence-electron chi connectivity index (χ0n) is 12.0. The van der Waals surface area contributed by atoms with Crippen LogP contribution in [0.25, 0.3) is 0 Å². The summed E-state index contributed by atoms with van der Waals surface area (Å²) >= 11 is 1.68. The van der Waals surface area contributed by atoms with Crippen molar-refractivity contribution in [3.63, 3.8) is 0 Å². The lowest BCUT2D eigenvalue weighted by atomic mass is 10.2. The smallest absolute Gasteiger partial charge is 0.152 e. The molecule has 116 valence electrons. The molecular formula is C15H17N3O2S2. The van der Waals surface area contributed by atoms with Gasteiger partial charge in [0.05, 0.1) is 17.3 Å². The first-order valence-corrected chi connectivity index (χ1v) is 9.88. The molecule has 1 N–H and O–H groups in total. The zero-order chi connectivity index (χ0) is 15.4. The number of hydrogen-bond donors (Lipinski definition) is 1. The number of rotatable bonds is 5. The van der Waals surface area contributed by atoms with Crippen molar-refractivity contribution < 1.29 is 8.42 Å². The number of hydrogen-bond acceptors (Lipinski definition) is 6. The molecule has 0 radical (unpaired) electrons. The maximum Gasteiger partial charge on any atom is 0.152 e. The van der Waals surface area contributed by atoms with Crippen molar-refractivity contribution in [3.8, 4) is 0 Å². The average Bonchev–Trinajstić information content (AvgIpc) is 2.85. The van der Waals surface area contributed by atoms with E-state index in [0.717, 1.165) is 5.82 Å². The molecule has 22 heavy (non-hydrogen) atoms. The van der Waals surface area contributed by atoms with Gasteiger partial charge in [-0.25, -0.2) is 18.4 Å². The predicted octanol–water partition coefficient (Wildman–Crippen LogP) is 2.37. The molecule has 0 spiro atoms. The number of sulfone groups is 1. The number of nitrogens with one attached hydrogen (secondary N) is 1. The second-order valence-electron chi connectivity index (χ2n) is 5.20. The number of aromatic nitrogens is 2. The highest BCUT2D eigenvalue weighted by atomic mass is 32.2. The van der Waals surface area contributed by atoms with Crippen LogP contribution in [0.5, 0.6) is 0 Å². The summed E-state index contributed by atoms with van der Waals surface area (Å²) in [6, 6.07) is 11.8. The lowest BCUT2D eigenvalue weighted by Gasteiger charge is -2.11. The van der Waals surface area contributed by atoms with E-state index in [2.05, 4.69) is 27.4 Å². The Bertz CT molecular complexity index is 735. The van der Waals surface area contributed by atoms with Gasteiger partial charge < -0.3 is 5.32 Å². The monoisotopic (exact) mass is 335 g/mol. The van der Waals surface area contributed by atoms with Crippen LogP contribution >= 0.6 is 11.8 Å². The van der Waals surface area contributed by atoms with Crippen LogP contribution in [0.15, 0.2) is 47.5 Å². The maximum atomic E-state index is 11.5. The third-order valence-corrected chi connectivity index (χ3v) is 6.18. The van der Waals surface area contributed by atoms with Crippen molar-refractivity contribution >= 4 is 27.4 Å². The van der Waals surface area contributed by atoms with E-state index in [1.807, 2.05) is 18.2 Å². The van der Waals surface area contributed by atoms with Crippen molar-refractivity contribution in [3.05, 3.63) is 48.4 Å². The number of anilines is 1. The van der Waals surface area contributed by atoms with Gasteiger partial charge in [-0.15, -0.1) is 11.8 Å². The minimum Gasteiger partial charge on any atom is -0.366 e. The molecule has 5 nitrogen and oxygen atoms in total. The van der Waals surface area contributed by atoms with E-state index in [-0.39, 0.29) is 17.5 Å². The Morgan fingerprint density at radius 3 is 2.77 bits per heavy atom. The van der Waals surface area contributed by atoms with Gasteiger partial charge in [0, 0.05) is 17.1 Å². The van der Waals surface area contributed by atoms with Gasteiger partial charge >= 0.3 is 0 Å². The van der Waals surface area contributed by atoms with Crippen LogP contribution in [0.1, 0.15) is 12.2 Å². The molecule has 0 aliphatic carbocycles. The van der Waals surface area contributed by atoms with E-state index in [4.69, 9.17) is 0 Å². The topological polar surface area (TPSA) is 72.0 Å². The van der Waals surface area contributed by atoms with E-state index in [1.54, 1.807) is 24.0 Å². The fourth-order valence-corrected chi connectivity index (χ4v) is 4.79. The van der Waals surface area contributed by atoms with Gasteiger partial charge in [-0.1, -0.05) is 18.2 Å². The fraction of sp³-hybridized carbons (Fsp3) is 0.333. The van der Waals surface area contributed by atoms with E-state index in [1.165, 1.54) is 4.90 Å². The molecule has 1 saturated heterocycles. The molecular weight excluding hydrogens is 318 g/mol. The van der Waals surface area contributed by atoms with E-state index in [9.17, 15) is 8.42 Å². The van der Waals surface area contributed by atoms with Gasteiger partial charge in [-0.2, -0.15) is 0 Å². The van der Waals surface area contributed by atoms with Crippen molar-refractivity contribution in [2.45, 2.75) is 23.1 Å². The highest BCUT2D eigenvalue weighted by molar-refractivity contribution is 7.98. The molecule has 1 atom stereocenters. The summed E-state index contributed by atoms with van der Waals surface area (Å²) in [5.41, 5.74) is 0. The molecule has 1 unspecified atom stereocenters. The van der Waals surface area contributed by atoms with Crippen LogP contribution in [0.4, 0.5) is 5.82 Å². The van der Waals surface area contributed by atoms with Gasteiger partial charge in [-0.05, 0) is 24.6 Å². The second-order valence-corrected chi connectivity index (χ2v) is 8.48. The van der Waals surface area contributed by atoms with Gasteiger partial charge in [0.2, 0.25) is 0 Å². The number of nitrogens with zero attached hydrogens (tertiary/aromatic N) is 2. The van der Waals surface area contributed by atoms with Crippen LogP contribution in [-0.4, -0.2) is 35.9 Å². The highest BCUT2D eigenvalue weighted by Gasteiger charge is 2.27. The summed E-state index contributed by atoms with van der Waals surface area (Å²) in [6.07, 6.45) is 2.35. The van der Waals surface area contributed by atoms with Crippen LogP contribution in [0.3, 0.4) is 0 Å². The molecule has 2 aromatic rings. The first-order valence-electron chi connectivity index (χ1n) is 7.07. The Kier molecular flexibility index (Phi) is 4.63. The minimum absolute atomic E-state index is 0.0467. The molecule has 1 aromatic carbocycles. The summed E-state index contributed by atoms with van der Waals surface area (Å²) in [4.78, 5) is 9.90. The number of thioether (sulfide) groups is 1. The molecule has 0 saturated carbocycles. The Balaban J connectivity index is 1.60. The van der Waals surface area contributed by atoms with E-state index in [0.29, 0.717) is 18.0 Å². The summed E-state index contributed by atoms with van der Waals surface area (Å²) in [7, 11) is -2.88. The lowest BCUT2D eigenvalue weighted by molar-refractivity contribution is 0.602. The van der Waals surface area contributed by atoms with E-state index >= 15 is 0 Å². The molecule has 2 heterocycles. The van der Waals surface area contributed by atoms with Gasteiger partial charge in [-0.3, -0.25) is 0 Å². The molecule has 7 heteroatoms. The molecule has 0 amide bonds. The summed E-state index contributed by atoms with van der Waals surface area (Å²) in [6.45, 7) is 0. The van der Waals surface area contributed by atoms with Gasteiger partial charge in [0.1, 0.15) is 11.6 Å². The first-order chi connectivity index (χ1) is 10.6. The fourth-order valence-electron chi connectivity index (χ4n) is 2.33. The van der Waals surface area contributed by atoms with Crippen LogP contribution in [-0.2, 0) is 15.6 Å². The summed E-state index contributed by atoms with van der Waals surface area (Å²) < 4.78 is 23.0. The standard InChI is InChI=1S/C15H17N3O2S2/c19-22(20)9-7-12(11-22)17-14-6-8-16-15(18-14)10-21-13-4-2-1-3-5-13/h1-6,8,12H,7,9-11H2,(H,16,17,18). The largest absolute Gasteiger partial charge is 0.366 e. The quantitative estimate of drug-likeness (QED) is 0.846. The lowest BCUT2D eigenvalue weighted by Crippen LogP contribution is -2.21. The third kappa shape index (κ3) is 4.20. The van der Waals surface area contributed by atoms with Gasteiger partial charge in [0.25, 0.3) is 0 Å². The Morgan fingerprint density at radius 2 is 2.05 bits per heavy atom. The normalized spacial score (nSPS) is 19.9. The average molecular weight is 335 g/mol.